The van der Waals surface area contributed by atoms with E-state index in [1.54, 1.807) is 17.0 Å². The highest BCUT2D eigenvalue weighted by Crippen LogP contribution is 2.29. The molecule has 0 aromatic heterocycles. The number of anilines is 2. The molecule has 0 saturated carbocycles. The molecule has 0 unspecified atom stereocenters. The van der Waals surface area contributed by atoms with Crippen LogP contribution in [0.5, 0.6) is 0 Å². The number of hydrogen-bond acceptors (Lipinski definition) is 6. The first kappa shape index (κ1) is 20.1. The third kappa shape index (κ3) is 4.41. The van der Waals surface area contributed by atoms with Gasteiger partial charge in [0.05, 0.1) is 24.5 Å². The van der Waals surface area contributed by atoms with Crippen LogP contribution in [-0.2, 0) is 14.3 Å². The lowest BCUT2D eigenvalue weighted by molar-refractivity contribution is -0.130. The summed E-state index contributed by atoms with van der Waals surface area (Å²) in [6.07, 6.45) is -0.0938. The smallest absolute Gasteiger partial charge is 0.414 e. The van der Waals surface area contributed by atoms with Gasteiger partial charge in [0, 0.05) is 32.6 Å². The van der Waals surface area contributed by atoms with Gasteiger partial charge in [-0.1, -0.05) is 0 Å². The molecule has 1 aromatic carbocycles. The largest absolute Gasteiger partial charge is 0.444 e. The summed E-state index contributed by atoms with van der Waals surface area (Å²) in [4.78, 5) is 39.8. The standard InChI is InChI=1S/C19H25FN4O4/c1-13(25)2-4-15-12-24(19(27)28-15)14-3-5-17(16(20)10-14)22-6-8-23(9-7-22)18(26)11-21/h3,5,10,15H,2,4,6-9,11-12,21H2,1H3/t15-/m0/s1. The zero-order valence-corrected chi connectivity index (χ0v) is 15.9. The molecule has 2 aliphatic rings. The summed E-state index contributed by atoms with van der Waals surface area (Å²) in [5.41, 5.74) is 6.24. The molecule has 28 heavy (non-hydrogen) atoms. The third-order valence-corrected chi connectivity index (χ3v) is 5.08. The van der Waals surface area contributed by atoms with Gasteiger partial charge in [-0.3, -0.25) is 9.69 Å². The molecule has 0 spiro atoms. The molecule has 0 bridgehead atoms. The van der Waals surface area contributed by atoms with Crippen LogP contribution in [0.3, 0.4) is 0 Å². The van der Waals surface area contributed by atoms with Crippen molar-refractivity contribution in [3.8, 4) is 0 Å². The number of nitrogens with two attached hydrogens (primary N) is 1. The molecule has 0 radical (unpaired) electrons. The lowest BCUT2D eigenvalue weighted by Crippen LogP contribution is -2.50. The summed E-state index contributed by atoms with van der Waals surface area (Å²) < 4.78 is 20.0. The summed E-state index contributed by atoms with van der Waals surface area (Å²) in [7, 11) is 0. The van der Waals surface area contributed by atoms with E-state index >= 15 is 0 Å². The van der Waals surface area contributed by atoms with E-state index in [9.17, 15) is 18.8 Å². The normalized spacial score (nSPS) is 19.8. The zero-order chi connectivity index (χ0) is 20.3. The Balaban J connectivity index is 1.64. The highest BCUT2D eigenvalue weighted by atomic mass is 19.1. The predicted molar refractivity (Wildman–Crippen MR) is 102 cm³/mol. The van der Waals surface area contributed by atoms with Gasteiger partial charge in [-0.2, -0.15) is 0 Å². The second-order valence-electron chi connectivity index (χ2n) is 7.06. The summed E-state index contributed by atoms with van der Waals surface area (Å²) >= 11 is 0. The second-order valence-corrected chi connectivity index (χ2v) is 7.06. The van der Waals surface area contributed by atoms with Crippen molar-refractivity contribution in [3.63, 3.8) is 0 Å². The van der Waals surface area contributed by atoms with Crippen LogP contribution >= 0.6 is 0 Å². The van der Waals surface area contributed by atoms with Crippen molar-refractivity contribution in [3.05, 3.63) is 24.0 Å². The van der Waals surface area contributed by atoms with Crippen LogP contribution < -0.4 is 15.5 Å². The molecule has 2 heterocycles. The van der Waals surface area contributed by atoms with Crippen molar-refractivity contribution >= 4 is 29.2 Å². The van der Waals surface area contributed by atoms with Gasteiger partial charge in [0.2, 0.25) is 5.91 Å². The van der Waals surface area contributed by atoms with Crippen LogP contribution in [0.15, 0.2) is 18.2 Å². The molecule has 3 rings (SSSR count). The van der Waals surface area contributed by atoms with Crippen LogP contribution in [-0.4, -0.2) is 68.1 Å². The Kier molecular flexibility index (Phi) is 6.13. The molecule has 2 saturated heterocycles. The van der Waals surface area contributed by atoms with E-state index in [1.165, 1.54) is 17.9 Å². The predicted octanol–water partition coefficient (Wildman–Crippen LogP) is 1.13. The molecular weight excluding hydrogens is 367 g/mol. The number of amides is 2. The fourth-order valence-electron chi connectivity index (χ4n) is 3.49. The molecule has 2 aliphatic heterocycles. The van der Waals surface area contributed by atoms with Crippen molar-refractivity contribution in [2.75, 3.05) is 49.1 Å². The Bertz CT molecular complexity index is 764. The summed E-state index contributed by atoms with van der Waals surface area (Å²) in [5.74, 6) is -0.503. The van der Waals surface area contributed by atoms with Gasteiger partial charge in [-0.25, -0.2) is 9.18 Å². The monoisotopic (exact) mass is 392 g/mol. The molecule has 8 nitrogen and oxygen atoms in total. The van der Waals surface area contributed by atoms with E-state index in [0.717, 1.165) is 0 Å². The number of rotatable bonds is 6. The minimum Gasteiger partial charge on any atom is -0.444 e. The van der Waals surface area contributed by atoms with Gasteiger partial charge in [0.25, 0.3) is 0 Å². The van der Waals surface area contributed by atoms with Gasteiger partial charge in [-0.15, -0.1) is 0 Å². The Labute approximate surface area is 163 Å². The number of nitrogens with zero attached hydrogens (tertiary/aromatic N) is 3. The van der Waals surface area contributed by atoms with E-state index < -0.39 is 11.9 Å². The number of halogens is 1. The Hall–Kier alpha value is -2.68. The average molecular weight is 392 g/mol. The first-order valence-corrected chi connectivity index (χ1v) is 9.39. The number of ketones is 1. The lowest BCUT2D eigenvalue weighted by Gasteiger charge is -2.36. The van der Waals surface area contributed by atoms with Crippen LogP contribution in [0, 0.1) is 5.82 Å². The maximum atomic E-state index is 14.7. The van der Waals surface area contributed by atoms with Crippen LogP contribution in [0.1, 0.15) is 19.8 Å². The quantitative estimate of drug-likeness (QED) is 0.780. The van der Waals surface area contributed by atoms with Crippen molar-refractivity contribution in [2.45, 2.75) is 25.9 Å². The van der Waals surface area contributed by atoms with Crippen LogP contribution in [0.4, 0.5) is 20.6 Å². The highest BCUT2D eigenvalue weighted by molar-refractivity contribution is 5.90. The lowest BCUT2D eigenvalue weighted by atomic mass is 10.1. The maximum Gasteiger partial charge on any atom is 0.414 e. The molecule has 1 atom stereocenters. The average Bonchev–Trinajstić information content (AvgIpc) is 3.06. The van der Waals surface area contributed by atoms with E-state index in [4.69, 9.17) is 10.5 Å². The summed E-state index contributed by atoms with van der Waals surface area (Å²) in [6.45, 7) is 3.78. The van der Waals surface area contributed by atoms with Crippen molar-refractivity contribution in [1.29, 1.82) is 0 Å². The van der Waals surface area contributed by atoms with Gasteiger partial charge in [-0.05, 0) is 31.5 Å². The summed E-state index contributed by atoms with van der Waals surface area (Å²) in [5, 5.41) is 0. The molecule has 2 fully saturated rings. The molecule has 1 aromatic rings. The van der Waals surface area contributed by atoms with E-state index in [2.05, 4.69) is 0 Å². The Morgan fingerprint density at radius 1 is 1.25 bits per heavy atom. The van der Waals surface area contributed by atoms with Crippen LogP contribution in [0.2, 0.25) is 0 Å². The first-order valence-electron chi connectivity index (χ1n) is 9.39. The third-order valence-electron chi connectivity index (χ3n) is 5.08. The number of hydrogen-bond donors (Lipinski definition) is 1. The fraction of sp³-hybridized carbons (Fsp3) is 0.526. The first-order chi connectivity index (χ1) is 13.4. The van der Waals surface area contributed by atoms with E-state index in [-0.39, 0.29) is 24.3 Å². The fourth-order valence-corrected chi connectivity index (χ4v) is 3.49. The van der Waals surface area contributed by atoms with Gasteiger partial charge < -0.3 is 25.1 Å². The topological polar surface area (TPSA) is 96.2 Å². The minimum atomic E-state index is -0.533. The zero-order valence-electron chi connectivity index (χ0n) is 15.9. The van der Waals surface area contributed by atoms with Gasteiger partial charge in [0.15, 0.2) is 0 Å². The van der Waals surface area contributed by atoms with Crippen molar-refractivity contribution in [1.82, 2.24) is 4.90 Å². The molecule has 152 valence electrons. The molecule has 2 amide bonds. The maximum absolute atomic E-state index is 14.7. The number of piperazine rings is 1. The molecule has 0 aliphatic carbocycles. The Morgan fingerprint density at radius 3 is 2.57 bits per heavy atom. The van der Waals surface area contributed by atoms with Gasteiger partial charge >= 0.3 is 6.09 Å². The minimum absolute atomic E-state index is 0.0254. The number of Topliss-reactive ketones (excluding diaryl/α,β-unsaturated/α-hetero) is 1. The molecule has 9 heteroatoms. The van der Waals surface area contributed by atoms with Crippen LogP contribution in [0.25, 0.3) is 0 Å². The molecule has 2 N–H and O–H groups in total. The molecular formula is C19H25FN4O4. The van der Waals surface area contributed by atoms with E-state index in [1.807, 2.05) is 4.90 Å². The number of benzene rings is 1. The highest BCUT2D eigenvalue weighted by Gasteiger charge is 2.33. The van der Waals surface area contributed by atoms with E-state index in [0.29, 0.717) is 56.9 Å². The second kappa shape index (κ2) is 8.55. The van der Waals surface area contributed by atoms with Gasteiger partial charge in [0.1, 0.15) is 17.7 Å². The SMILES string of the molecule is CC(=O)CC[C@H]1CN(c2ccc(N3CCN(C(=O)CN)CC3)c(F)c2)C(=O)O1. The number of cyclic esters (lactones) is 1. The number of carbonyl (C=O) groups is 3. The summed E-state index contributed by atoms with van der Waals surface area (Å²) in [6, 6.07) is 4.65. The Morgan fingerprint density at radius 2 is 1.96 bits per heavy atom. The van der Waals surface area contributed by atoms with Crippen molar-refractivity contribution < 1.29 is 23.5 Å². The van der Waals surface area contributed by atoms with Crippen molar-refractivity contribution in [2.24, 2.45) is 5.73 Å². The number of ether oxygens (including phenoxy) is 1. The number of carbonyl (C=O) groups excluding carboxylic acids is 3.